The van der Waals surface area contributed by atoms with Crippen LogP contribution in [0.25, 0.3) is 16.9 Å². The van der Waals surface area contributed by atoms with Gasteiger partial charge in [-0.05, 0) is 17.7 Å². The molecule has 0 fully saturated rings. The van der Waals surface area contributed by atoms with E-state index in [0.717, 1.165) is 29.3 Å². The number of hydrogen-bond acceptors (Lipinski definition) is 2. The van der Waals surface area contributed by atoms with Gasteiger partial charge in [-0.1, -0.05) is 78.9 Å². The Morgan fingerprint density at radius 2 is 1.32 bits per heavy atom. The highest BCUT2D eigenvalue weighted by atomic mass is 15.3. The van der Waals surface area contributed by atoms with Crippen molar-refractivity contribution in [2.24, 2.45) is 0 Å². The van der Waals surface area contributed by atoms with Gasteiger partial charge >= 0.3 is 0 Å². The Morgan fingerprint density at radius 3 is 2.00 bits per heavy atom. The van der Waals surface area contributed by atoms with E-state index in [1.54, 1.807) is 0 Å². The van der Waals surface area contributed by atoms with Gasteiger partial charge in [0.05, 0.1) is 11.4 Å². The number of hydrogen-bond donors (Lipinski definition) is 1. The lowest BCUT2D eigenvalue weighted by Gasteiger charge is -2.09. The number of nitrogens with zero attached hydrogens (tertiary/aromatic N) is 2. The maximum Gasteiger partial charge on any atom is 0.130 e. The van der Waals surface area contributed by atoms with Crippen molar-refractivity contribution in [3.8, 4) is 16.9 Å². The molecular formula is C22H19N3. The largest absolute Gasteiger partial charge is 0.366 e. The molecule has 0 bridgehead atoms. The standard InChI is InChI=1S/C22H19N3/c1-4-10-18(11-5-1)17-23-22-16-21(19-12-6-2-7-13-19)24-25(22)20-14-8-3-9-15-20/h1-16,23H,17H2. The van der Waals surface area contributed by atoms with Gasteiger partial charge in [-0.3, -0.25) is 0 Å². The SMILES string of the molecule is c1ccc(CNc2cc(-c3ccccc3)nn2-c2ccccc2)cc1. The second-order valence-electron chi connectivity index (χ2n) is 5.87. The third-order valence-corrected chi connectivity index (χ3v) is 4.10. The van der Waals surface area contributed by atoms with E-state index in [4.69, 9.17) is 5.10 Å². The van der Waals surface area contributed by atoms with E-state index in [0.29, 0.717) is 0 Å². The molecule has 0 amide bonds. The number of para-hydroxylation sites is 1. The average molecular weight is 325 g/mol. The molecule has 0 aliphatic heterocycles. The van der Waals surface area contributed by atoms with Gasteiger partial charge in [0.15, 0.2) is 0 Å². The van der Waals surface area contributed by atoms with E-state index >= 15 is 0 Å². The molecule has 3 nitrogen and oxygen atoms in total. The van der Waals surface area contributed by atoms with Crippen molar-refractivity contribution < 1.29 is 0 Å². The van der Waals surface area contributed by atoms with Gasteiger partial charge in [-0.25, -0.2) is 4.68 Å². The Bertz CT molecular complexity index is 929. The summed E-state index contributed by atoms with van der Waals surface area (Å²) < 4.78 is 1.96. The zero-order valence-corrected chi connectivity index (χ0v) is 13.8. The minimum Gasteiger partial charge on any atom is -0.366 e. The first-order valence-electron chi connectivity index (χ1n) is 8.39. The molecular weight excluding hydrogens is 306 g/mol. The fourth-order valence-corrected chi connectivity index (χ4v) is 2.81. The fourth-order valence-electron chi connectivity index (χ4n) is 2.81. The molecule has 0 atom stereocenters. The highest BCUT2D eigenvalue weighted by Crippen LogP contribution is 2.25. The quantitative estimate of drug-likeness (QED) is 0.550. The number of anilines is 1. The molecule has 25 heavy (non-hydrogen) atoms. The third-order valence-electron chi connectivity index (χ3n) is 4.10. The van der Waals surface area contributed by atoms with Crippen LogP contribution >= 0.6 is 0 Å². The first kappa shape index (κ1) is 15.2. The van der Waals surface area contributed by atoms with E-state index < -0.39 is 0 Å². The highest BCUT2D eigenvalue weighted by molar-refractivity contribution is 5.64. The first-order valence-corrected chi connectivity index (χ1v) is 8.39. The summed E-state index contributed by atoms with van der Waals surface area (Å²) in [5, 5.41) is 8.34. The third kappa shape index (κ3) is 3.45. The van der Waals surface area contributed by atoms with Crippen LogP contribution in [0.5, 0.6) is 0 Å². The van der Waals surface area contributed by atoms with Crippen molar-refractivity contribution in [2.75, 3.05) is 5.32 Å². The minimum atomic E-state index is 0.758. The Labute approximate surface area is 147 Å². The molecule has 0 aliphatic carbocycles. The van der Waals surface area contributed by atoms with Crippen LogP contribution in [0.15, 0.2) is 97.1 Å². The van der Waals surface area contributed by atoms with Crippen LogP contribution in [0.1, 0.15) is 5.56 Å². The predicted molar refractivity (Wildman–Crippen MR) is 103 cm³/mol. The molecule has 1 aromatic heterocycles. The van der Waals surface area contributed by atoms with Gasteiger partial charge in [-0.15, -0.1) is 0 Å². The number of benzene rings is 3. The van der Waals surface area contributed by atoms with Crippen molar-refractivity contribution in [3.63, 3.8) is 0 Å². The van der Waals surface area contributed by atoms with Gasteiger partial charge in [-0.2, -0.15) is 5.10 Å². The van der Waals surface area contributed by atoms with E-state index in [1.165, 1.54) is 5.56 Å². The summed E-state index contributed by atoms with van der Waals surface area (Å²) in [5.41, 5.74) is 4.35. The summed E-state index contributed by atoms with van der Waals surface area (Å²) in [6.07, 6.45) is 0. The summed E-state index contributed by atoms with van der Waals surface area (Å²) in [6.45, 7) is 0.758. The zero-order chi connectivity index (χ0) is 16.9. The van der Waals surface area contributed by atoms with Crippen molar-refractivity contribution in [2.45, 2.75) is 6.54 Å². The van der Waals surface area contributed by atoms with Crippen LogP contribution in [0.4, 0.5) is 5.82 Å². The molecule has 4 rings (SSSR count). The first-order chi connectivity index (χ1) is 12.4. The monoisotopic (exact) mass is 325 g/mol. The van der Waals surface area contributed by atoms with Crippen molar-refractivity contribution in [1.82, 2.24) is 9.78 Å². The molecule has 0 spiro atoms. The molecule has 0 saturated heterocycles. The molecule has 4 aromatic rings. The minimum absolute atomic E-state index is 0.758. The molecule has 0 saturated carbocycles. The maximum absolute atomic E-state index is 4.82. The van der Waals surface area contributed by atoms with Crippen LogP contribution < -0.4 is 5.32 Å². The van der Waals surface area contributed by atoms with E-state index in [1.807, 2.05) is 47.1 Å². The molecule has 0 unspecified atom stereocenters. The summed E-state index contributed by atoms with van der Waals surface area (Å²) in [4.78, 5) is 0. The lowest BCUT2D eigenvalue weighted by atomic mass is 10.1. The van der Waals surface area contributed by atoms with Crippen LogP contribution in [-0.2, 0) is 6.54 Å². The van der Waals surface area contributed by atoms with Gasteiger partial charge < -0.3 is 5.32 Å². The smallest absolute Gasteiger partial charge is 0.130 e. The lowest BCUT2D eigenvalue weighted by Crippen LogP contribution is -2.06. The van der Waals surface area contributed by atoms with Crippen LogP contribution in [-0.4, -0.2) is 9.78 Å². The Morgan fingerprint density at radius 1 is 0.720 bits per heavy atom. The van der Waals surface area contributed by atoms with Crippen LogP contribution in [0.2, 0.25) is 0 Å². The number of nitrogens with one attached hydrogen (secondary N) is 1. The van der Waals surface area contributed by atoms with Crippen molar-refractivity contribution in [3.05, 3.63) is 103 Å². The molecule has 3 heteroatoms. The highest BCUT2D eigenvalue weighted by Gasteiger charge is 2.10. The Hall–Kier alpha value is -3.33. The number of rotatable bonds is 5. The average Bonchev–Trinajstić information content (AvgIpc) is 3.13. The second-order valence-corrected chi connectivity index (χ2v) is 5.87. The number of aromatic nitrogens is 2. The lowest BCUT2D eigenvalue weighted by molar-refractivity contribution is 0.878. The maximum atomic E-state index is 4.82. The molecule has 0 aliphatic rings. The van der Waals surface area contributed by atoms with Gasteiger partial charge in [0, 0.05) is 18.2 Å². The van der Waals surface area contributed by atoms with Gasteiger partial charge in [0.25, 0.3) is 0 Å². The zero-order valence-electron chi connectivity index (χ0n) is 13.8. The predicted octanol–water partition coefficient (Wildman–Crippen LogP) is 5.15. The molecule has 1 N–H and O–H groups in total. The van der Waals surface area contributed by atoms with Crippen molar-refractivity contribution in [1.29, 1.82) is 0 Å². The molecule has 122 valence electrons. The summed E-state index contributed by atoms with van der Waals surface area (Å²) in [6, 6.07) is 32.9. The summed E-state index contributed by atoms with van der Waals surface area (Å²) in [5.74, 6) is 0.980. The fraction of sp³-hybridized carbons (Fsp3) is 0.0455. The second kappa shape index (κ2) is 7.05. The van der Waals surface area contributed by atoms with Crippen LogP contribution in [0, 0.1) is 0 Å². The summed E-state index contributed by atoms with van der Waals surface area (Å²) >= 11 is 0. The van der Waals surface area contributed by atoms with Crippen molar-refractivity contribution >= 4 is 5.82 Å². The van der Waals surface area contributed by atoms with E-state index in [9.17, 15) is 0 Å². The summed E-state index contributed by atoms with van der Waals surface area (Å²) in [7, 11) is 0. The Kier molecular flexibility index (Phi) is 4.29. The topological polar surface area (TPSA) is 29.9 Å². The van der Waals surface area contributed by atoms with E-state index in [2.05, 4.69) is 59.9 Å². The molecule has 0 radical (unpaired) electrons. The normalized spacial score (nSPS) is 10.6. The Balaban J connectivity index is 1.69. The van der Waals surface area contributed by atoms with Crippen LogP contribution in [0.3, 0.4) is 0 Å². The van der Waals surface area contributed by atoms with Gasteiger partial charge in [0.2, 0.25) is 0 Å². The van der Waals surface area contributed by atoms with E-state index in [-0.39, 0.29) is 0 Å². The molecule has 3 aromatic carbocycles. The molecule has 1 heterocycles. The van der Waals surface area contributed by atoms with Gasteiger partial charge in [0.1, 0.15) is 5.82 Å².